The Hall–Kier alpha value is -3.88. The standard InChI is InChI=1S/C30H29Cl2N7O/c1-18(31)16-25(32)33-19(2)21-14-12-20(13-15-21)17-38-27(34-22-8-5-4-6-9-22)26-28(36-38)39-24-11-7-10-23(24)35-30(39)37(3)29(26)40/h4-6,8-9,12-16,23-24,34H,2,7,10-11,17H2,1,3H3/b18-16+,33-25?. The molecule has 1 aromatic heterocycles. The molecular weight excluding hydrogens is 545 g/mol. The highest BCUT2D eigenvalue weighted by Gasteiger charge is 2.49. The third-order valence-corrected chi connectivity index (χ3v) is 7.77. The van der Waals surface area contributed by atoms with Crippen molar-refractivity contribution in [3.63, 3.8) is 0 Å². The first kappa shape index (κ1) is 26.3. The monoisotopic (exact) mass is 573 g/mol. The summed E-state index contributed by atoms with van der Waals surface area (Å²) in [5.74, 6) is 1.92. The Morgan fingerprint density at radius 1 is 1.15 bits per heavy atom. The molecule has 2 atom stereocenters. The van der Waals surface area contributed by atoms with Crippen molar-refractivity contribution in [2.45, 2.75) is 44.8 Å². The van der Waals surface area contributed by atoms with Gasteiger partial charge in [0, 0.05) is 17.8 Å². The van der Waals surface area contributed by atoms with Crippen LogP contribution in [0.5, 0.6) is 0 Å². The lowest BCUT2D eigenvalue weighted by molar-refractivity contribution is 0.0866. The van der Waals surface area contributed by atoms with Crippen LogP contribution in [-0.4, -0.2) is 50.8 Å². The number of amides is 1. The van der Waals surface area contributed by atoms with Crippen LogP contribution in [0.15, 0.2) is 82.3 Å². The molecule has 0 radical (unpaired) electrons. The Bertz CT molecular complexity index is 1570. The number of halogens is 2. The van der Waals surface area contributed by atoms with Gasteiger partial charge in [0.05, 0.1) is 24.3 Å². The molecule has 6 rings (SSSR count). The largest absolute Gasteiger partial charge is 0.340 e. The molecule has 1 fully saturated rings. The summed E-state index contributed by atoms with van der Waals surface area (Å²) in [6.45, 7) is 6.23. The number of aliphatic imine (C=N–C) groups is 2. The third kappa shape index (κ3) is 4.82. The number of anilines is 3. The molecule has 1 saturated carbocycles. The minimum atomic E-state index is -0.114. The van der Waals surface area contributed by atoms with Gasteiger partial charge in [-0.2, -0.15) is 5.10 Å². The van der Waals surface area contributed by atoms with Gasteiger partial charge in [-0.15, -0.1) is 0 Å². The van der Waals surface area contributed by atoms with Gasteiger partial charge in [-0.1, -0.05) is 72.2 Å². The van der Waals surface area contributed by atoms with Crippen molar-refractivity contribution in [1.82, 2.24) is 14.7 Å². The van der Waals surface area contributed by atoms with Crippen LogP contribution in [0.3, 0.4) is 0 Å². The first-order chi connectivity index (χ1) is 19.3. The van der Waals surface area contributed by atoms with E-state index in [-0.39, 0.29) is 23.2 Å². The quantitative estimate of drug-likeness (QED) is 0.322. The SMILES string of the molecule is C=C(N=C(Cl)/C=C(\C)Cl)c1ccc(Cn2nc3c(c2Nc2ccccc2)C(=O)N(C)C2=NC4CCCC4N23)cc1. The Labute approximate surface area is 243 Å². The van der Waals surface area contributed by atoms with E-state index in [0.29, 0.717) is 40.4 Å². The van der Waals surface area contributed by atoms with E-state index in [2.05, 4.69) is 21.8 Å². The first-order valence-corrected chi connectivity index (χ1v) is 14.0. The molecular formula is C30H29Cl2N7O. The molecule has 3 aromatic rings. The minimum Gasteiger partial charge on any atom is -0.340 e. The molecule has 204 valence electrons. The van der Waals surface area contributed by atoms with Gasteiger partial charge in [0.1, 0.15) is 16.6 Å². The molecule has 1 aliphatic carbocycles. The number of guanidine groups is 1. The minimum absolute atomic E-state index is 0.114. The number of carbonyl (C=O) groups excluding carboxylic acids is 1. The molecule has 8 nitrogen and oxygen atoms in total. The highest BCUT2D eigenvalue weighted by molar-refractivity contribution is 6.69. The maximum Gasteiger partial charge on any atom is 0.267 e. The zero-order valence-corrected chi connectivity index (χ0v) is 23.8. The predicted octanol–water partition coefficient (Wildman–Crippen LogP) is 6.61. The zero-order chi connectivity index (χ0) is 28.0. The Balaban J connectivity index is 1.36. The predicted molar refractivity (Wildman–Crippen MR) is 163 cm³/mol. The molecule has 1 amide bonds. The summed E-state index contributed by atoms with van der Waals surface area (Å²) in [5.41, 5.74) is 3.83. The number of hydrogen-bond acceptors (Lipinski definition) is 6. The summed E-state index contributed by atoms with van der Waals surface area (Å²) < 4.78 is 1.88. The highest BCUT2D eigenvalue weighted by atomic mass is 35.5. The van der Waals surface area contributed by atoms with Crippen LogP contribution in [0.2, 0.25) is 0 Å². The third-order valence-electron chi connectivity index (χ3n) is 7.47. The zero-order valence-electron chi connectivity index (χ0n) is 22.3. The van der Waals surface area contributed by atoms with E-state index < -0.39 is 0 Å². The molecule has 3 aliphatic rings. The fourth-order valence-corrected chi connectivity index (χ4v) is 5.99. The Kier molecular flexibility index (Phi) is 6.98. The summed E-state index contributed by atoms with van der Waals surface area (Å²) in [7, 11) is 1.80. The van der Waals surface area contributed by atoms with Crippen LogP contribution in [-0.2, 0) is 6.54 Å². The van der Waals surface area contributed by atoms with Gasteiger partial charge in [0.25, 0.3) is 5.91 Å². The maximum atomic E-state index is 13.7. The van der Waals surface area contributed by atoms with E-state index in [4.69, 9.17) is 33.3 Å². The van der Waals surface area contributed by atoms with E-state index in [1.165, 1.54) is 0 Å². The second-order valence-electron chi connectivity index (χ2n) is 10.2. The number of fused-ring (bicyclic) bond motifs is 5. The molecule has 0 bridgehead atoms. The Morgan fingerprint density at radius 2 is 1.90 bits per heavy atom. The van der Waals surface area contributed by atoms with Crippen molar-refractivity contribution in [2.75, 3.05) is 17.3 Å². The average Bonchev–Trinajstić information content (AvgIpc) is 3.62. The fraction of sp³-hybridized carbons (Fsp3) is 0.267. The molecule has 0 saturated heterocycles. The molecule has 0 spiro atoms. The number of nitrogens with one attached hydrogen (secondary N) is 1. The van der Waals surface area contributed by atoms with Gasteiger partial charge in [-0.25, -0.2) is 14.7 Å². The number of carbonyl (C=O) groups is 1. The van der Waals surface area contributed by atoms with Crippen molar-refractivity contribution in [1.29, 1.82) is 0 Å². The van der Waals surface area contributed by atoms with Gasteiger partial charge in [0.2, 0.25) is 5.96 Å². The highest BCUT2D eigenvalue weighted by Crippen LogP contribution is 2.43. The second-order valence-corrected chi connectivity index (χ2v) is 11.2. The first-order valence-electron chi connectivity index (χ1n) is 13.2. The summed E-state index contributed by atoms with van der Waals surface area (Å²) in [5, 5.41) is 9.32. The van der Waals surface area contributed by atoms with E-state index in [1.54, 1.807) is 24.9 Å². The number of benzene rings is 2. The molecule has 3 heterocycles. The van der Waals surface area contributed by atoms with Crippen LogP contribution < -0.4 is 10.2 Å². The van der Waals surface area contributed by atoms with Crippen LogP contribution >= 0.6 is 23.2 Å². The van der Waals surface area contributed by atoms with E-state index in [0.717, 1.165) is 36.1 Å². The maximum absolute atomic E-state index is 13.7. The number of para-hydroxylation sites is 1. The molecule has 1 N–H and O–H groups in total. The summed E-state index contributed by atoms with van der Waals surface area (Å²) in [6.07, 6.45) is 4.77. The topological polar surface area (TPSA) is 78.1 Å². The van der Waals surface area contributed by atoms with Gasteiger partial charge in [0.15, 0.2) is 5.82 Å². The van der Waals surface area contributed by atoms with Crippen molar-refractivity contribution >= 4 is 63.3 Å². The van der Waals surface area contributed by atoms with Crippen molar-refractivity contribution in [2.24, 2.45) is 9.98 Å². The van der Waals surface area contributed by atoms with Crippen LogP contribution in [0, 0.1) is 0 Å². The van der Waals surface area contributed by atoms with E-state index >= 15 is 0 Å². The lowest BCUT2D eigenvalue weighted by atomic mass is 10.1. The van der Waals surface area contributed by atoms with Gasteiger partial charge in [-0.05, 0) is 55.5 Å². The summed E-state index contributed by atoms with van der Waals surface area (Å²) in [4.78, 5) is 26.8. The van der Waals surface area contributed by atoms with Crippen molar-refractivity contribution in [3.8, 4) is 0 Å². The fourth-order valence-electron chi connectivity index (χ4n) is 5.57. The Morgan fingerprint density at radius 3 is 2.62 bits per heavy atom. The van der Waals surface area contributed by atoms with E-state index in [9.17, 15) is 4.79 Å². The van der Waals surface area contributed by atoms with Crippen LogP contribution in [0.1, 0.15) is 47.7 Å². The van der Waals surface area contributed by atoms with Crippen molar-refractivity contribution < 1.29 is 4.79 Å². The van der Waals surface area contributed by atoms with Gasteiger partial charge >= 0.3 is 0 Å². The summed E-state index contributed by atoms with van der Waals surface area (Å²) in [6, 6.07) is 18.2. The lowest BCUT2D eigenvalue weighted by Crippen LogP contribution is -2.51. The smallest absolute Gasteiger partial charge is 0.267 e. The van der Waals surface area contributed by atoms with Gasteiger partial charge < -0.3 is 5.32 Å². The van der Waals surface area contributed by atoms with Crippen LogP contribution in [0.4, 0.5) is 17.3 Å². The molecule has 2 aromatic carbocycles. The molecule has 2 aliphatic heterocycles. The number of hydrogen-bond donors (Lipinski definition) is 1. The average molecular weight is 575 g/mol. The number of aromatic nitrogens is 2. The number of nitrogens with zero attached hydrogens (tertiary/aromatic N) is 6. The number of allylic oxidation sites excluding steroid dienone is 2. The lowest BCUT2D eigenvalue weighted by Gasteiger charge is -2.34. The van der Waals surface area contributed by atoms with Crippen LogP contribution in [0.25, 0.3) is 5.70 Å². The number of rotatable bonds is 7. The van der Waals surface area contributed by atoms with Gasteiger partial charge in [-0.3, -0.25) is 14.6 Å². The molecule has 40 heavy (non-hydrogen) atoms. The normalized spacial score (nSPS) is 20.3. The molecule has 10 heteroatoms. The second kappa shape index (κ2) is 10.6. The van der Waals surface area contributed by atoms with E-state index in [1.807, 2.05) is 59.3 Å². The van der Waals surface area contributed by atoms with Crippen molar-refractivity contribution in [3.05, 3.63) is 89.0 Å². The summed E-state index contributed by atoms with van der Waals surface area (Å²) >= 11 is 12.0. The molecule has 2 unspecified atom stereocenters.